The van der Waals surface area contributed by atoms with Crippen LogP contribution >= 0.6 is 0 Å². The van der Waals surface area contributed by atoms with Gasteiger partial charge in [-0.2, -0.15) is 0 Å². The van der Waals surface area contributed by atoms with Crippen molar-refractivity contribution in [3.63, 3.8) is 0 Å². The Kier molecular flexibility index (Phi) is 5.32. The lowest BCUT2D eigenvalue weighted by atomic mass is 9.57. The molecule has 0 aromatic heterocycles. The van der Waals surface area contributed by atoms with E-state index in [2.05, 4.69) is 23.5 Å². The summed E-state index contributed by atoms with van der Waals surface area (Å²) >= 11 is 0. The third-order valence-corrected chi connectivity index (χ3v) is 5.72. The van der Waals surface area contributed by atoms with Crippen LogP contribution in [0.25, 0.3) is 0 Å². The van der Waals surface area contributed by atoms with Gasteiger partial charge in [-0.15, -0.1) is 0 Å². The van der Waals surface area contributed by atoms with Crippen LogP contribution in [-0.2, 0) is 16.6 Å². The lowest BCUT2D eigenvalue weighted by Crippen LogP contribution is -2.50. The third kappa shape index (κ3) is 3.24. The van der Waals surface area contributed by atoms with Crippen molar-refractivity contribution in [1.82, 2.24) is 5.32 Å². The molecule has 0 radical (unpaired) electrons. The van der Waals surface area contributed by atoms with Crippen LogP contribution in [0.15, 0.2) is 18.2 Å². The molecule has 132 valence electrons. The minimum absolute atomic E-state index is 0.0334. The zero-order chi connectivity index (χ0) is 17.0. The van der Waals surface area contributed by atoms with E-state index in [0.717, 1.165) is 18.6 Å². The summed E-state index contributed by atoms with van der Waals surface area (Å²) in [7, 11) is 0. The number of nitrogens with one attached hydrogen (secondary N) is 1. The molecule has 2 aliphatic carbocycles. The van der Waals surface area contributed by atoms with Gasteiger partial charge in [0.05, 0.1) is 13.2 Å². The van der Waals surface area contributed by atoms with Crippen molar-refractivity contribution in [2.45, 2.75) is 57.8 Å². The van der Waals surface area contributed by atoms with Gasteiger partial charge in [-0.25, -0.2) is 4.79 Å². The third-order valence-electron chi connectivity index (χ3n) is 5.72. The number of carbonyl (C=O) groups excluding carboxylic acids is 1. The van der Waals surface area contributed by atoms with Crippen molar-refractivity contribution in [1.29, 1.82) is 0 Å². The molecular weight excluding hydrogens is 302 g/mol. The number of amides is 1. The van der Waals surface area contributed by atoms with Gasteiger partial charge in [-0.3, -0.25) is 0 Å². The van der Waals surface area contributed by atoms with Gasteiger partial charge in [0, 0.05) is 12.0 Å². The van der Waals surface area contributed by atoms with E-state index in [1.807, 2.05) is 13.8 Å². The summed E-state index contributed by atoms with van der Waals surface area (Å²) in [6, 6.07) is 6.53. The summed E-state index contributed by atoms with van der Waals surface area (Å²) in [5.41, 5.74) is 2.84. The molecule has 2 aliphatic rings. The number of hydrogen-bond acceptors (Lipinski definition) is 3. The van der Waals surface area contributed by atoms with E-state index in [9.17, 15) is 4.79 Å². The summed E-state index contributed by atoms with van der Waals surface area (Å²) in [5, 5.41) is 3.03. The molecule has 4 heteroatoms. The van der Waals surface area contributed by atoms with Crippen LogP contribution in [0.3, 0.4) is 0 Å². The van der Waals surface area contributed by atoms with Gasteiger partial charge >= 0.3 is 6.09 Å². The van der Waals surface area contributed by atoms with Crippen LogP contribution in [0.5, 0.6) is 5.75 Å². The predicted molar refractivity (Wildman–Crippen MR) is 94.6 cm³/mol. The van der Waals surface area contributed by atoms with Crippen LogP contribution in [0.1, 0.15) is 57.1 Å². The number of alkyl carbamates (subject to hydrolysis) is 1. The van der Waals surface area contributed by atoms with Crippen molar-refractivity contribution in [2.75, 3.05) is 19.8 Å². The van der Waals surface area contributed by atoms with E-state index in [-0.39, 0.29) is 11.5 Å². The molecule has 4 nitrogen and oxygen atoms in total. The number of carbonyl (C=O) groups is 1. The molecule has 0 aliphatic heterocycles. The normalized spacial score (nSPS) is 25.3. The Morgan fingerprint density at radius 2 is 2.12 bits per heavy atom. The number of benzene rings is 1. The van der Waals surface area contributed by atoms with E-state index in [0.29, 0.717) is 25.7 Å². The molecule has 1 N–H and O–H groups in total. The molecule has 1 fully saturated rings. The fraction of sp³-hybridized carbons (Fsp3) is 0.650. The van der Waals surface area contributed by atoms with Gasteiger partial charge in [0.1, 0.15) is 5.75 Å². The topological polar surface area (TPSA) is 47.6 Å². The zero-order valence-corrected chi connectivity index (χ0v) is 14.9. The highest BCUT2D eigenvalue weighted by atomic mass is 16.5. The Balaban J connectivity index is 1.92. The Bertz CT molecular complexity index is 586. The predicted octanol–water partition coefficient (Wildman–Crippen LogP) is 4.21. The summed E-state index contributed by atoms with van der Waals surface area (Å²) in [6.07, 6.45) is 6.95. The van der Waals surface area contributed by atoms with Crippen LogP contribution < -0.4 is 10.1 Å². The monoisotopic (exact) mass is 331 g/mol. The molecule has 1 aromatic rings. The molecule has 0 heterocycles. The van der Waals surface area contributed by atoms with E-state index >= 15 is 0 Å². The second-order valence-electron chi connectivity index (χ2n) is 6.96. The van der Waals surface area contributed by atoms with E-state index in [1.165, 1.54) is 36.8 Å². The first-order valence-corrected chi connectivity index (χ1v) is 9.36. The van der Waals surface area contributed by atoms with Gasteiger partial charge in [0.2, 0.25) is 0 Å². The SMILES string of the molecule is CCOC(=O)NC[C@@]12CCCCC1CCc1ccc(OCC)cc12. The molecular formula is C20H29NO3. The van der Waals surface area contributed by atoms with Crippen molar-refractivity contribution in [3.05, 3.63) is 29.3 Å². The Morgan fingerprint density at radius 1 is 1.25 bits per heavy atom. The highest BCUT2D eigenvalue weighted by Crippen LogP contribution is 2.50. The molecule has 1 aromatic carbocycles. The fourth-order valence-corrected chi connectivity index (χ4v) is 4.65. The standard InChI is InChI=1S/C20H29NO3/c1-3-23-17-11-9-15-8-10-16-7-5-6-12-20(16,18(15)13-17)14-21-19(22)24-4-2/h9,11,13,16H,3-8,10,12,14H2,1-2H3,(H,21,22)/t16?,20-/m0/s1. The number of ether oxygens (including phenoxy) is 2. The lowest BCUT2D eigenvalue weighted by molar-refractivity contribution is 0.128. The van der Waals surface area contributed by atoms with Gasteiger partial charge in [-0.1, -0.05) is 18.9 Å². The van der Waals surface area contributed by atoms with Crippen LogP contribution in [0, 0.1) is 5.92 Å². The maximum atomic E-state index is 11.9. The average Bonchev–Trinajstić information content (AvgIpc) is 2.60. The van der Waals surface area contributed by atoms with Crippen LogP contribution in [-0.4, -0.2) is 25.9 Å². The second kappa shape index (κ2) is 7.45. The van der Waals surface area contributed by atoms with E-state index in [1.54, 1.807) is 0 Å². The number of aryl methyl sites for hydroxylation is 1. The minimum atomic E-state index is -0.302. The van der Waals surface area contributed by atoms with Gasteiger partial charge < -0.3 is 14.8 Å². The summed E-state index contributed by atoms with van der Waals surface area (Å²) < 4.78 is 10.8. The quantitative estimate of drug-likeness (QED) is 0.879. The van der Waals surface area contributed by atoms with Crippen LogP contribution in [0.2, 0.25) is 0 Å². The van der Waals surface area contributed by atoms with E-state index in [4.69, 9.17) is 9.47 Å². The Hall–Kier alpha value is -1.71. The highest BCUT2D eigenvalue weighted by molar-refractivity contribution is 5.67. The Morgan fingerprint density at radius 3 is 2.92 bits per heavy atom. The molecule has 1 unspecified atom stereocenters. The van der Waals surface area contributed by atoms with Crippen molar-refractivity contribution < 1.29 is 14.3 Å². The molecule has 0 saturated heterocycles. The molecule has 1 amide bonds. The van der Waals surface area contributed by atoms with Crippen molar-refractivity contribution in [3.8, 4) is 5.75 Å². The first kappa shape index (κ1) is 17.1. The fourth-order valence-electron chi connectivity index (χ4n) is 4.65. The summed E-state index contributed by atoms with van der Waals surface area (Å²) in [6.45, 7) is 5.61. The maximum absolute atomic E-state index is 11.9. The number of fused-ring (bicyclic) bond motifs is 3. The van der Waals surface area contributed by atoms with Gasteiger partial charge in [-0.05, 0) is 68.7 Å². The number of rotatable bonds is 5. The van der Waals surface area contributed by atoms with Crippen molar-refractivity contribution >= 4 is 6.09 Å². The average molecular weight is 331 g/mol. The van der Waals surface area contributed by atoms with Crippen LogP contribution in [0.4, 0.5) is 4.79 Å². The minimum Gasteiger partial charge on any atom is -0.494 e. The summed E-state index contributed by atoms with van der Waals surface area (Å²) in [4.78, 5) is 11.9. The van der Waals surface area contributed by atoms with Gasteiger partial charge in [0.15, 0.2) is 0 Å². The lowest BCUT2D eigenvalue weighted by Gasteiger charge is -2.49. The van der Waals surface area contributed by atoms with E-state index < -0.39 is 0 Å². The second-order valence-corrected chi connectivity index (χ2v) is 6.96. The Labute approximate surface area is 144 Å². The largest absolute Gasteiger partial charge is 0.494 e. The van der Waals surface area contributed by atoms with Crippen molar-refractivity contribution in [2.24, 2.45) is 5.92 Å². The molecule has 0 spiro atoms. The molecule has 2 atom stereocenters. The zero-order valence-electron chi connectivity index (χ0n) is 14.9. The highest BCUT2D eigenvalue weighted by Gasteiger charge is 2.45. The molecule has 24 heavy (non-hydrogen) atoms. The smallest absolute Gasteiger partial charge is 0.407 e. The molecule has 0 bridgehead atoms. The number of hydrogen-bond donors (Lipinski definition) is 1. The molecule has 3 rings (SSSR count). The first-order valence-electron chi connectivity index (χ1n) is 9.36. The van der Waals surface area contributed by atoms with Gasteiger partial charge in [0.25, 0.3) is 0 Å². The first-order chi connectivity index (χ1) is 11.7. The molecule has 1 saturated carbocycles. The maximum Gasteiger partial charge on any atom is 0.407 e. The summed E-state index contributed by atoms with van der Waals surface area (Å²) in [5.74, 6) is 1.58.